The third kappa shape index (κ3) is 2.77. The van der Waals surface area contributed by atoms with Gasteiger partial charge in [-0.2, -0.15) is 5.10 Å². The molecule has 0 aliphatic heterocycles. The molecule has 0 aromatic carbocycles. The van der Waals surface area contributed by atoms with Crippen molar-refractivity contribution in [3.63, 3.8) is 0 Å². The highest BCUT2D eigenvalue weighted by atomic mass is 32.1. The van der Waals surface area contributed by atoms with Crippen LogP contribution in [0.2, 0.25) is 0 Å². The van der Waals surface area contributed by atoms with Gasteiger partial charge in [-0.3, -0.25) is 0 Å². The van der Waals surface area contributed by atoms with Crippen LogP contribution in [0.25, 0.3) is 16.1 Å². The van der Waals surface area contributed by atoms with Gasteiger partial charge in [-0.25, -0.2) is 9.31 Å². The summed E-state index contributed by atoms with van der Waals surface area (Å²) in [7, 11) is 0. The molecule has 4 nitrogen and oxygen atoms in total. The van der Waals surface area contributed by atoms with E-state index in [1.807, 2.05) is 41.9 Å². The monoisotopic (exact) mass is 326 g/mol. The number of hydrogen-bond acceptors (Lipinski definition) is 4. The maximum Gasteiger partial charge on any atom is 0.342 e. The molecular formula is C18H18N2O2S. The molecule has 1 aliphatic carbocycles. The highest BCUT2D eigenvalue weighted by molar-refractivity contribution is 7.13. The van der Waals surface area contributed by atoms with Crippen molar-refractivity contribution in [1.29, 1.82) is 0 Å². The summed E-state index contributed by atoms with van der Waals surface area (Å²) in [5.41, 5.74) is 2.10. The minimum absolute atomic E-state index is 0.0473. The van der Waals surface area contributed by atoms with Gasteiger partial charge in [0.1, 0.15) is 17.4 Å². The van der Waals surface area contributed by atoms with Crippen molar-refractivity contribution in [1.82, 2.24) is 9.61 Å². The normalized spacial score (nSPS) is 15.8. The van der Waals surface area contributed by atoms with E-state index < -0.39 is 0 Å². The van der Waals surface area contributed by atoms with E-state index in [1.54, 1.807) is 15.9 Å². The lowest BCUT2D eigenvalue weighted by Gasteiger charge is -2.21. The van der Waals surface area contributed by atoms with Crippen LogP contribution in [-0.4, -0.2) is 21.7 Å². The van der Waals surface area contributed by atoms with Crippen LogP contribution in [0, 0.1) is 0 Å². The first-order valence-corrected chi connectivity index (χ1v) is 8.93. The third-order valence-electron chi connectivity index (χ3n) is 4.32. The summed E-state index contributed by atoms with van der Waals surface area (Å²) in [4.78, 5) is 13.8. The van der Waals surface area contributed by atoms with Gasteiger partial charge in [0.2, 0.25) is 0 Å². The molecule has 1 aliphatic rings. The summed E-state index contributed by atoms with van der Waals surface area (Å²) in [5.74, 6) is -0.249. The summed E-state index contributed by atoms with van der Waals surface area (Å²) in [6, 6.07) is 9.71. The molecule has 0 saturated heterocycles. The van der Waals surface area contributed by atoms with Gasteiger partial charge in [0.05, 0.1) is 10.4 Å². The molecule has 0 amide bonds. The van der Waals surface area contributed by atoms with Crippen molar-refractivity contribution >= 4 is 22.8 Å². The number of thiophene rings is 1. The Morgan fingerprint density at radius 2 is 2.04 bits per heavy atom. The molecule has 0 bridgehead atoms. The molecule has 1 saturated carbocycles. The van der Waals surface area contributed by atoms with Gasteiger partial charge >= 0.3 is 5.97 Å². The maximum absolute atomic E-state index is 12.8. The van der Waals surface area contributed by atoms with Crippen molar-refractivity contribution in [2.75, 3.05) is 0 Å². The van der Waals surface area contributed by atoms with Gasteiger partial charge in [-0.1, -0.05) is 18.6 Å². The minimum atomic E-state index is -0.249. The molecule has 0 spiro atoms. The lowest BCUT2D eigenvalue weighted by Crippen LogP contribution is -2.21. The Bertz CT molecular complexity index is 817. The number of esters is 1. The van der Waals surface area contributed by atoms with E-state index in [-0.39, 0.29) is 12.1 Å². The summed E-state index contributed by atoms with van der Waals surface area (Å²) in [5, 5.41) is 6.59. The SMILES string of the molecule is O=C(OC1CCCCC1)c1c(-c2cccs2)nn2ccccc12. The second-order valence-electron chi connectivity index (χ2n) is 5.90. The van der Waals surface area contributed by atoms with E-state index in [1.165, 1.54) is 6.42 Å². The summed E-state index contributed by atoms with van der Waals surface area (Å²) < 4.78 is 7.55. The number of nitrogens with zero attached hydrogens (tertiary/aromatic N) is 2. The lowest BCUT2D eigenvalue weighted by molar-refractivity contribution is 0.0214. The Morgan fingerprint density at radius 1 is 1.17 bits per heavy atom. The van der Waals surface area contributed by atoms with Gasteiger partial charge < -0.3 is 4.74 Å². The van der Waals surface area contributed by atoms with E-state index in [0.717, 1.165) is 36.1 Å². The van der Waals surface area contributed by atoms with Crippen LogP contribution in [-0.2, 0) is 4.74 Å². The number of rotatable bonds is 3. The average molecular weight is 326 g/mol. The maximum atomic E-state index is 12.8. The average Bonchev–Trinajstić information content (AvgIpc) is 3.23. The second-order valence-corrected chi connectivity index (χ2v) is 6.84. The number of hydrogen-bond donors (Lipinski definition) is 0. The van der Waals surface area contributed by atoms with Crippen molar-refractivity contribution < 1.29 is 9.53 Å². The number of fused-ring (bicyclic) bond motifs is 1. The van der Waals surface area contributed by atoms with Crippen molar-refractivity contribution in [3.05, 3.63) is 47.5 Å². The Kier molecular flexibility index (Phi) is 3.87. The lowest BCUT2D eigenvalue weighted by atomic mass is 9.98. The fraction of sp³-hybridized carbons (Fsp3) is 0.333. The van der Waals surface area contributed by atoms with Gasteiger partial charge in [0.25, 0.3) is 0 Å². The summed E-state index contributed by atoms with van der Waals surface area (Å²) >= 11 is 1.59. The zero-order valence-electron chi connectivity index (χ0n) is 12.8. The van der Waals surface area contributed by atoms with E-state index in [9.17, 15) is 4.79 Å². The highest BCUT2D eigenvalue weighted by Gasteiger charge is 2.26. The topological polar surface area (TPSA) is 43.6 Å². The summed E-state index contributed by atoms with van der Waals surface area (Å²) in [6.07, 6.45) is 7.38. The van der Waals surface area contributed by atoms with Crippen LogP contribution < -0.4 is 0 Å². The quantitative estimate of drug-likeness (QED) is 0.663. The van der Waals surface area contributed by atoms with Crippen molar-refractivity contribution in [2.24, 2.45) is 0 Å². The van der Waals surface area contributed by atoms with Gasteiger partial charge in [0, 0.05) is 6.20 Å². The predicted octanol–water partition coefficient (Wildman–Crippen LogP) is 4.55. The van der Waals surface area contributed by atoms with Gasteiger partial charge in [0.15, 0.2) is 0 Å². The molecule has 118 valence electrons. The molecule has 4 rings (SSSR count). The molecule has 23 heavy (non-hydrogen) atoms. The van der Waals surface area contributed by atoms with Crippen LogP contribution in [0.4, 0.5) is 0 Å². The number of ether oxygens (including phenoxy) is 1. The first-order valence-electron chi connectivity index (χ1n) is 8.05. The predicted molar refractivity (Wildman–Crippen MR) is 90.8 cm³/mol. The molecule has 0 radical (unpaired) electrons. The zero-order chi connectivity index (χ0) is 15.6. The van der Waals surface area contributed by atoms with E-state index >= 15 is 0 Å². The third-order valence-corrected chi connectivity index (χ3v) is 5.20. The molecule has 0 unspecified atom stereocenters. The highest BCUT2D eigenvalue weighted by Crippen LogP contribution is 2.31. The first kappa shape index (κ1) is 14.5. The fourth-order valence-corrected chi connectivity index (χ4v) is 3.89. The zero-order valence-corrected chi connectivity index (χ0v) is 13.6. The summed E-state index contributed by atoms with van der Waals surface area (Å²) in [6.45, 7) is 0. The molecule has 0 atom stereocenters. The molecule has 3 aromatic heterocycles. The van der Waals surface area contributed by atoms with Crippen LogP contribution in [0.3, 0.4) is 0 Å². The molecule has 3 heterocycles. The fourth-order valence-electron chi connectivity index (χ4n) is 3.18. The van der Waals surface area contributed by atoms with Crippen LogP contribution in [0.5, 0.6) is 0 Å². The van der Waals surface area contributed by atoms with E-state index in [0.29, 0.717) is 11.3 Å². The Morgan fingerprint density at radius 3 is 2.83 bits per heavy atom. The largest absolute Gasteiger partial charge is 0.459 e. The number of carbonyl (C=O) groups is 1. The van der Waals surface area contributed by atoms with Crippen molar-refractivity contribution in [3.8, 4) is 10.6 Å². The first-order chi connectivity index (χ1) is 11.3. The number of carbonyl (C=O) groups excluding carboxylic acids is 1. The molecule has 5 heteroatoms. The van der Waals surface area contributed by atoms with E-state index in [4.69, 9.17) is 4.74 Å². The van der Waals surface area contributed by atoms with Crippen molar-refractivity contribution in [2.45, 2.75) is 38.2 Å². The number of pyridine rings is 1. The van der Waals surface area contributed by atoms with Crippen LogP contribution >= 0.6 is 11.3 Å². The molecule has 3 aromatic rings. The standard InChI is InChI=1S/C18H18N2O2S/c21-18(22-13-7-2-1-3-8-13)16-14-9-4-5-11-20(14)19-17(16)15-10-6-12-23-15/h4-6,9-13H,1-3,7-8H2. The number of aromatic nitrogens is 2. The smallest absolute Gasteiger partial charge is 0.342 e. The van der Waals surface area contributed by atoms with Gasteiger partial charge in [-0.15, -0.1) is 11.3 Å². The van der Waals surface area contributed by atoms with Gasteiger partial charge in [-0.05, 0) is 49.3 Å². The van der Waals surface area contributed by atoms with Crippen LogP contribution in [0.1, 0.15) is 42.5 Å². The molecule has 1 fully saturated rings. The Balaban J connectivity index is 1.74. The van der Waals surface area contributed by atoms with E-state index in [2.05, 4.69) is 5.10 Å². The minimum Gasteiger partial charge on any atom is -0.459 e. The Labute approximate surface area is 138 Å². The molecule has 0 N–H and O–H groups in total. The molecular weight excluding hydrogens is 308 g/mol. The van der Waals surface area contributed by atoms with Crippen LogP contribution in [0.15, 0.2) is 41.9 Å². The Hall–Kier alpha value is -2.14. The second kappa shape index (κ2) is 6.16.